The summed E-state index contributed by atoms with van der Waals surface area (Å²) in [6.07, 6.45) is 0. The van der Waals surface area contributed by atoms with Gasteiger partial charge < -0.3 is 10.1 Å². The molecule has 4 rings (SSSR count). The number of aryl methyl sites for hydroxylation is 1. The van der Waals surface area contributed by atoms with Crippen molar-refractivity contribution in [3.05, 3.63) is 126 Å². The molecule has 0 amide bonds. The number of nitrogens with one attached hydrogen (secondary N) is 1. The van der Waals surface area contributed by atoms with Crippen LogP contribution in [0.15, 0.2) is 109 Å². The van der Waals surface area contributed by atoms with Crippen molar-refractivity contribution in [3.63, 3.8) is 0 Å². The van der Waals surface area contributed by atoms with Gasteiger partial charge in [0.15, 0.2) is 0 Å². The summed E-state index contributed by atoms with van der Waals surface area (Å²) in [6.45, 7) is 2.12. The summed E-state index contributed by atoms with van der Waals surface area (Å²) < 4.78 is 4.88. The summed E-state index contributed by atoms with van der Waals surface area (Å²) in [5.41, 5.74) is 3.98. The zero-order valence-electron chi connectivity index (χ0n) is 18.2. The molecule has 160 valence electrons. The van der Waals surface area contributed by atoms with Gasteiger partial charge in [-0.05, 0) is 54.8 Å². The number of anilines is 1. The summed E-state index contributed by atoms with van der Waals surface area (Å²) in [7, 11) is 0.623. The van der Waals surface area contributed by atoms with E-state index in [1.807, 2.05) is 24.3 Å². The van der Waals surface area contributed by atoms with E-state index >= 15 is 0 Å². The Balaban J connectivity index is 1.84. The first-order chi connectivity index (χ1) is 15.7. The minimum atomic E-state index is -0.783. The number of carbonyl (C=O) groups excluding carboxylic acids is 1. The molecular weight excluding hydrogens is 413 g/mol. The molecule has 0 spiro atoms. The monoisotopic (exact) mass is 439 g/mol. The zero-order valence-corrected chi connectivity index (χ0v) is 19.1. The maximum atomic E-state index is 12.0. The number of benzene rings is 4. The van der Waals surface area contributed by atoms with Crippen LogP contribution in [0.25, 0.3) is 0 Å². The van der Waals surface area contributed by atoms with Gasteiger partial charge in [-0.2, -0.15) is 0 Å². The second kappa shape index (κ2) is 10.3. The second-order valence-electron chi connectivity index (χ2n) is 7.52. The fourth-order valence-electron chi connectivity index (χ4n) is 3.72. The van der Waals surface area contributed by atoms with Crippen LogP contribution in [0.3, 0.4) is 0 Å². The molecule has 0 aliphatic rings. The molecule has 1 N–H and O–H groups in total. The van der Waals surface area contributed by atoms with Crippen LogP contribution in [0.2, 0.25) is 0 Å². The highest BCUT2D eigenvalue weighted by Gasteiger charge is 2.27. The van der Waals surface area contributed by atoms with Crippen LogP contribution in [0.4, 0.5) is 5.69 Å². The highest BCUT2D eigenvalue weighted by molar-refractivity contribution is 7.73. The summed E-state index contributed by atoms with van der Waals surface area (Å²) in [6, 6.07) is 37.4. The van der Waals surface area contributed by atoms with Crippen LogP contribution < -0.4 is 15.9 Å². The molecule has 1 atom stereocenters. The Morgan fingerprint density at radius 2 is 1.28 bits per heavy atom. The lowest BCUT2D eigenvalue weighted by Crippen LogP contribution is -2.22. The minimum Gasteiger partial charge on any atom is -0.465 e. The number of ether oxygens (including phenoxy) is 1. The highest BCUT2D eigenvalue weighted by atomic mass is 31.1. The molecule has 4 aromatic rings. The van der Waals surface area contributed by atoms with Crippen LogP contribution in [-0.2, 0) is 4.74 Å². The van der Waals surface area contributed by atoms with Gasteiger partial charge in [-0.3, -0.25) is 0 Å². The van der Waals surface area contributed by atoms with E-state index in [2.05, 4.69) is 97.2 Å². The molecule has 0 bridgehead atoms. The number of hydrogen-bond acceptors (Lipinski definition) is 3. The number of hydrogen-bond donors (Lipinski definition) is 1. The molecule has 0 saturated carbocycles. The lowest BCUT2D eigenvalue weighted by atomic mass is 10.1. The number of carbonyl (C=O) groups is 1. The van der Waals surface area contributed by atoms with E-state index in [-0.39, 0.29) is 11.8 Å². The molecule has 0 aliphatic carbocycles. The fraction of sp³-hybridized carbons (Fsp3) is 0.107. The number of para-hydroxylation sites is 1. The number of rotatable bonds is 7. The first-order valence-corrected chi connectivity index (χ1v) is 12.0. The molecule has 0 radical (unpaired) electrons. The fourth-order valence-corrected chi connectivity index (χ4v) is 6.34. The van der Waals surface area contributed by atoms with Crippen LogP contribution >= 0.6 is 7.92 Å². The van der Waals surface area contributed by atoms with Crippen LogP contribution in [0.5, 0.6) is 0 Å². The van der Waals surface area contributed by atoms with Crippen LogP contribution in [-0.4, -0.2) is 13.1 Å². The molecule has 3 nitrogen and oxygen atoms in total. The smallest absolute Gasteiger partial charge is 0.337 e. The lowest BCUT2D eigenvalue weighted by molar-refractivity contribution is 0.0600. The van der Waals surface area contributed by atoms with Crippen molar-refractivity contribution < 1.29 is 9.53 Å². The van der Waals surface area contributed by atoms with Gasteiger partial charge >= 0.3 is 5.97 Å². The molecule has 4 heteroatoms. The summed E-state index contributed by atoms with van der Waals surface area (Å²) in [5, 5.41) is 6.41. The molecule has 0 aliphatic heterocycles. The summed E-state index contributed by atoms with van der Waals surface area (Å²) in [4.78, 5) is 12.0. The highest BCUT2D eigenvalue weighted by Crippen LogP contribution is 2.49. The quantitative estimate of drug-likeness (QED) is 0.282. The van der Waals surface area contributed by atoms with Gasteiger partial charge in [-0.25, -0.2) is 4.79 Å². The average molecular weight is 439 g/mol. The topological polar surface area (TPSA) is 38.3 Å². The largest absolute Gasteiger partial charge is 0.465 e. The normalized spacial score (nSPS) is 11.7. The van der Waals surface area contributed by atoms with Crippen molar-refractivity contribution in [2.24, 2.45) is 0 Å². The third-order valence-corrected chi connectivity index (χ3v) is 8.06. The Morgan fingerprint density at radius 3 is 1.81 bits per heavy atom. The van der Waals surface area contributed by atoms with E-state index in [1.54, 1.807) is 0 Å². The van der Waals surface area contributed by atoms with E-state index in [0.29, 0.717) is 5.56 Å². The Hall–Kier alpha value is -3.42. The molecule has 1 unspecified atom stereocenters. The molecular formula is C28H26NO2P. The van der Waals surface area contributed by atoms with Gasteiger partial charge in [-0.15, -0.1) is 0 Å². The van der Waals surface area contributed by atoms with Gasteiger partial charge in [0.25, 0.3) is 0 Å². The van der Waals surface area contributed by atoms with Crippen molar-refractivity contribution >= 4 is 30.2 Å². The zero-order chi connectivity index (χ0) is 22.3. The van der Waals surface area contributed by atoms with E-state index in [4.69, 9.17) is 4.74 Å². The van der Waals surface area contributed by atoms with Crippen molar-refractivity contribution in [2.75, 3.05) is 12.4 Å². The van der Waals surface area contributed by atoms with E-state index in [1.165, 1.54) is 23.3 Å². The van der Waals surface area contributed by atoms with E-state index < -0.39 is 7.92 Å². The summed E-state index contributed by atoms with van der Waals surface area (Å²) in [5.74, 6) is -0.309. The third kappa shape index (κ3) is 4.90. The van der Waals surface area contributed by atoms with Crippen LogP contribution in [0, 0.1) is 6.92 Å². The Kier molecular flexibility index (Phi) is 6.99. The van der Waals surface area contributed by atoms with Gasteiger partial charge in [0, 0.05) is 5.69 Å². The first kappa shape index (κ1) is 21.8. The van der Waals surface area contributed by atoms with Crippen molar-refractivity contribution in [3.8, 4) is 0 Å². The number of methoxy groups -OCH3 is 1. The summed E-state index contributed by atoms with van der Waals surface area (Å²) >= 11 is 0. The minimum absolute atomic E-state index is 0.0163. The Labute approximate surface area is 190 Å². The van der Waals surface area contributed by atoms with Gasteiger partial charge in [0.2, 0.25) is 0 Å². The standard InChI is InChI=1S/C28H26NO2P/c1-21-11-9-10-16-26(21)29-27(22-17-19-23(20-18-22)28(30)31-2)32(24-12-5-3-6-13-24)25-14-7-4-8-15-25/h3-20,27,29H,1-2H3. The molecule has 0 aromatic heterocycles. The average Bonchev–Trinajstić information content (AvgIpc) is 2.86. The maximum absolute atomic E-state index is 12.0. The molecule has 0 heterocycles. The van der Waals surface area contributed by atoms with Crippen molar-refractivity contribution in [2.45, 2.75) is 12.7 Å². The van der Waals surface area contributed by atoms with Gasteiger partial charge in [0.1, 0.15) is 0 Å². The molecule has 0 saturated heterocycles. The van der Waals surface area contributed by atoms with Gasteiger partial charge in [0.05, 0.1) is 18.5 Å². The Morgan fingerprint density at radius 1 is 0.750 bits per heavy atom. The molecule has 4 aromatic carbocycles. The first-order valence-electron chi connectivity index (χ1n) is 10.6. The van der Waals surface area contributed by atoms with Crippen molar-refractivity contribution in [1.82, 2.24) is 0 Å². The Bertz CT molecular complexity index is 1120. The second-order valence-corrected chi connectivity index (χ2v) is 9.81. The maximum Gasteiger partial charge on any atom is 0.337 e. The van der Waals surface area contributed by atoms with Crippen LogP contribution in [0.1, 0.15) is 27.3 Å². The third-order valence-electron chi connectivity index (χ3n) is 5.41. The predicted octanol–water partition coefficient (Wildman–Crippen LogP) is 6.03. The molecule has 32 heavy (non-hydrogen) atoms. The van der Waals surface area contributed by atoms with Gasteiger partial charge in [-0.1, -0.05) is 91.0 Å². The molecule has 0 fully saturated rings. The van der Waals surface area contributed by atoms with Crippen molar-refractivity contribution in [1.29, 1.82) is 0 Å². The lowest BCUT2D eigenvalue weighted by Gasteiger charge is -2.31. The number of esters is 1. The predicted molar refractivity (Wildman–Crippen MR) is 134 cm³/mol. The van der Waals surface area contributed by atoms with E-state index in [0.717, 1.165) is 11.3 Å². The van der Waals surface area contributed by atoms with E-state index in [9.17, 15) is 4.79 Å². The SMILES string of the molecule is COC(=O)c1ccc(C(Nc2ccccc2C)P(c2ccccc2)c2ccccc2)cc1.